The van der Waals surface area contributed by atoms with E-state index in [4.69, 9.17) is 11.1 Å². The summed E-state index contributed by atoms with van der Waals surface area (Å²) in [6, 6.07) is 53.8. The molecular formula is C48H38N2. The Morgan fingerprint density at radius 1 is 0.500 bits per heavy atom. The van der Waals surface area contributed by atoms with E-state index in [2.05, 4.69) is 146 Å². The van der Waals surface area contributed by atoms with E-state index in [1.165, 1.54) is 44.8 Å². The molecule has 7 aromatic rings. The third-order valence-corrected chi connectivity index (χ3v) is 9.31. The molecule has 0 aliphatic rings. The summed E-state index contributed by atoms with van der Waals surface area (Å²) >= 11 is 0. The molecule has 0 aromatic heterocycles. The number of fused-ring (bicyclic) bond motifs is 2. The lowest BCUT2D eigenvalue weighted by atomic mass is 9.84. The first kappa shape index (κ1) is 32.1. The van der Waals surface area contributed by atoms with E-state index in [1.807, 2.05) is 43.4 Å². The minimum atomic E-state index is 0.410. The van der Waals surface area contributed by atoms with Gasteiger partial charge in [0.2, 0.25) is 0 Å². The average molecular weight is 643 g/mol. The van der Waals surface area contributed by atoms with Crippen molar-refractivity contribution >= 4 is 27.3 Å². The summed E-state index contributed by atoms with van der Waals surface area (Å²) in [6.45, 7) is 6.14. The SMILES string of the molecule is C=C(/C=C\C(=N)c1ccc2c(-c3ccc(-c4ccccc4)cc3)c3ccccc3c(-c3ccc(-c4ccccc4)cc3)c2c1)C(/C=C\N)=C/C. The van der Waals surface area contributed by atoms with Gasteiger partial charge in [-0.1, -0.05) is 164 Å². The van der Waals surface area contributed by atoms with Crippen molar-refractivity contribution in [1.82, 2.24) is 0 Å². The summed E-state index contributed by atoms with van der Waals surface area (Å²) in [5.41, 5.74) is 18.0. The highest BCUT2D eigenvalue weighted by molar-refractivity contribution is 6.23. The second-order valence-corrected chi connectivity index (χ2v) is 12.3. The van der Waals surface area contributed by atoms with E-state index in [9.17, 15) is 0 Å². The van der Waals surface area contributed by atoms with Gasteiger partial charge >= 0.3 is 0 Å². The summed E-state index contributed by atoms with van der Waals surface area (Å²) in [5.74, 6) is 0. The zero-order chi connectivity index (χ0) is 34.5. The van der Waals surface area contributed by atoms with Gasteiger partial charge in [0.25, 0.3) is 0 Å². The molecule has 0 spiro atoms. The largest absolute Gasteiger partial charge is 0.405 e. The Kier molecular flexibility index (Phi) is 9.18. The number of nitrogens with two attached hydrogens (primary N) is 1. The van der Waals surface area contributed by atoms with Crippen molar-refractivity contribution in [1.29, 1.82) is 5.41 Å². The smallest absolute Gasteiger partial charge is 0.0612 e. The molecule has 0 radical (unpaired) electrons. The molecule has 0 bridgehead atoms. The fraction of sp³-hybridized carbons (Fsp3) is 0.0208. The highest BCUT2D eigenvalue weighted by Gasteiger charge is 2.18. The Hall–Kier alpha value is -6.51. The molecular weight excluding hydrogens is 605 g/mol. The van der Waals surface area contributed by atoms with Crippen molar-refractivity contribution in [3.05, 3.63) is 205 Å². The lowest BCUT2D eigenvalue weighted by Crippen LogP contribution is -1.97. The van der Waals surface area contributed by atoms with Crippen molar-refractivity contribution in [3.8, 4) is 44.5 Å². The Morgan fingerprint density at radius 3 is 1.44 bits per heavy atom. The first-order chi connectivity index (χ1) is 24.6. The first-order valence-corrected chi connectivity index (χ1v) is 16.9. The predicted octanol–water partition coefficient (Wildman–Crippen LogP) is 12.6. The first-order valence-electron chi connectivity index (χ1n) is 16.9. The van der Waals surface area contributed by atoms with Crippen molar-refractivity contribution in [2.75, 3.05) is 0 Å². The van der Waals surface area contributed by atoms with Crippen LogP contribution in [0.25, 0.3) is 66.1 Å². The molecule has 7 aromatic carbocycles. The van der Waals surface area contributed by atoms with Crippen LogP contribution >= 0.6 is 0 Å². The van der Waals surface area contributed by atoms with Gasteiger partial charge in [-0.05, 0) is 109 Å². The maximum atomic E-state index is 9.09. The summed E-state index contributed by atoms with van der Waals surface area (Å²) in [4.78, 5) is 0. The molecule has 0 amide bonds. The lowest BCUT2D eigenvalue weighted by molar-refractivity contribution is 1.47. The van der Waals surface area contributed by atoms with Crippen LogP contribution in [0.15, 0.2) is 200 Å². The van der Waals surface area contributed by atoms with Gasteiger partial charge in [-0.3, -0.25) is 0 Å². The van der Waals surface area contributed by atoms with Crippen molar-refractivity contribution < 1.29 is 0 Å². The Morgan fingerprint density at radius 2 is 0.940 bits per heavy atom. The van der Waals surface area contributed by atoms with Crippen LogP contribution in [0, 0.1) is 5.41 Å². The summed E-state index contributed by atoms with van der Waals surface area (Å²) < 4.78 is 0. The van der Waals surface area contributed by atoms with Gasteiger partial charge in [0.15, 0.2) is 0 Å². The number of nitrogens with one attached hydrogen (secondary N) is 1. The summed E-state index contributed by atoms with van der Waals surface area (Å²) in [7, 11) is 0. The molecule has 240 valence electrons. The van der Waals surface area contributed by atoms with Crippen LogP contribution in [0.2, 0.25) is 0 Å². The second kappa shape index (κ2) is 14.3. The normalized spacial score (nSPS) is 11.9. The van der Waals surface area contributed by atoms with E-state index < -0.39 is 0 Å². The molecule has 7 rings (SSSR count). The van der Waals surface area contributed by atoms with Crippen LogP contribution in [0.3, 0.4) is 0 Å². The molecule has 0 unspecified atom stereocenters. The maximum absolute atomic E-state index is 9.09. The molecule has 0 fully saturated rings. The number of hydrogen-bond acceptors (Lipinski definition) is 2. The van der Waals surface area contributed by atoms with E-state index in [-0.39, 0.29) is 0 Å². The zero-order valence-electron chi connectivity index (χ0n) is 28.1. The molecule has 0 saturated carbocycles. The van der Waals surface area contributed by atoms with E-state index >= 15 is 0 Å². The van der Waals surface area contributed by atoms with Crippen LogP contribution in [0.5, 0.6) is 0 Å². The van der Waals surface area contributed by atoms with Crippen molar-refractivity contribution in [2.45, 2.75) is 6.92 Å². The van der Waals surface area contributed by atoms with Crippen molar-refractivity contribution in [3.63, 3.8) is 0 Å². The van der Waals surface area contributed by atoms with Gasteiger partial charge in [-0.25, -0.2) is 0 Å². The zero-order valence-corrected chi connectivity index (χ0v) is 28.1. The van der Waals surface area contributed by atoms with Gasteiger partial charge in [0.1, 0.15) is 0 Å². The van der Waals surface area contributed by atoms with Crippen LogP contribution in [0.1, 0.15) is 12.5 Å². The highest BCUT2D eigenvalue weighted by Crippen LogP contribution is 2.44. The van der Waals surface area contributed by atoms with E-state index in [1.54, 1.807) is 0 Å². The number of rotatable bonds is 9. The Labute approximate surface area is 294 Å². The quantitative estimate of drug-likeness (QED) is 0.0919. The summed E-state index contributed by atoms with van der Waals surface area (Å²) in [6.07, 6.45) is 8.99. The van der Waals surface area contributed by atoms with Gasteiger partial charge < -0.3 is 11.1 Å². The van der Waals surface area contributed by atoms with Gasteiger partial charge in [-0.2, -0.15) is 0 Å². The molecule has 0 atom stereocenters. The van der Waals surface area contributed by atoms with Gasteiger partial charge in [-0.15, -0.1) is 0 Å². The predicted molar refractivity (Wildman–Crippen MR) is 215 cm³/mol. The second-order valence-electron chi connectivity index (χ2n) is 12.3. The minimum absolute atomic E-state index is 0.410. The highest BCUT2D eigenvalue weighted by atomic mass is 14.5. The topological polar surface area (TPSA) is 49.9 Å². The van der Waals surface area contributed by atoms with Crippen LogP contribution in [-0.4, -0.2) is 5.71 Å². The third kappa shape index (κ3) is 6.35. The monoisotopic (exact) mass is 642 g/mol. The van der Waals surface area contributed by atoms with Crippen LogP contribution in [-0.2, 0) is 0 Å². The molecule has 0 heterocycles. The molecule has 2 heteroatoms. The number of allylic oxidation sites excluding steroid dienone is 6. The van der Waals surface area contributed by atoms with E-state index in [0.29, 0.717) is 5.71 Å². The molecule has 3 N–H and O–H groups in total. The molecule has 0 aliphatic carbocycles. The van der Waals surface area contributed by atoms with E-state index in [0.717, 1.165) is 44.2 Å². The van der Waals surface area contributed by atoms with Crippen molar-refractivity contribution in [2.24, 2.45) is 5.73 Å². The number of hydrogen-bond donors (Lipinski definition) is 2. The molecule has 50 heavy (non-hydrogen) atoms. The standard InChI is InChI=1S/C48H38N2/c1-3-34(30-31-49)33(2)18-29-46(50)41-27-28-44-45(32-41)48(40-25-21-38(22-26-40)36-14-8-5-9-15-36)43-17-11-10-16-42(43)47(44)39-23-19-37(20-24-39)35-12-6-4-7-13-35/h3-32,50H,2,49H2,1H3/b29-18-,31-30-,34-3+,50-46?. The maximum Gasteiger partial charge on any atom is 0.0612 e. The van der Waals surface area contributed by atoms with Crippen LogP contribution < -0.4 is 5.73 Å². The van der Waals surface area contributed by atoms with Crippen LogP contribution in [0.4, 0.5) is 0 Å². The average Bonchev–Trinajstić information content (AvgIpc) is 3.18. The molecule has 0 saturated heterocycles. The molecule has 2 nitrogen and oxygen atoms in total. The van der Waals surface area contributed by atoms with Gasteiger partial charge in [0, 0.05) is 5.56 Å². The third-order valence-electron chi connectivity index (χ3n) is 9.31. The fourth-order valence-electron chi connectivity index (χ4n) is 6.76. The Balaban J connectivity index is 1.42. The Bertz CT molecular complexity index is 2430. The minimum Gasteiger partial charge on any atom is -0.405 e. The fourth-order valence-corrected chi connectivity index (χ4v) is 6.76. The number of benzene rings is 7. The van der Waals surface area contributed by atoms with Gasteiger partial charge in [0.05, 0.1) is 5.71 Å². The lowest BCUT2D eigenvalue weighted by Gasteiger charge is -2.19. The summed E-state index contributed by atoms with van der Waals surface area (Å²) in [5, 5.41) is 13.7. The molecule has 0 aliphatic heterocycles.